The van der Waals surface area contributed by atoms with Gasteiger partial charge in [0, 0.05) is 13.6 Å². The van der Waals surface area contributed by atoms with Crippen molar-refractivity contribution in [3.05, 3.63) is 0 Å². The molecule has 0 fully saturated rings. The zero-order chi connectivity index (χ0) is 11.2. The van der Waals surface area contributed by atoms with Crippen LogP contribution in [0.3, 0.4) is 0 Å². The summed E-state index contributed by atoms with van der Waals surface area (Å²) in [5, 5.41) is 0. The number of rotatable bonds is 5. The number of nitrogens with zero attached hydrogens (tertiary/aromatic N) is 1. The van der Waals surface area contributed by atoms with Crippen molar-refractivity contribution in [2.75, 3.05) is 25.8 Å². The summed E-state index contributed by atoms with van der Waals surface area (Å²) in [5.41, 5.74) is 0. The van der Waals surface area contributed by atoms with E-state index in [1.165, 1.54) is 4.90 Å². The van der Waals surface area contributed by atoms with Gasteiger partial charge in [0.05, 0.1) is 6.26 Å². The van der Waals surface area contributed by atoms with E-state index in [2.05, 4.69) is 4.13 Å². The Morgan fingerprint density at radius 1 is 1.57 bits per heavy atom. The molecule has 84 valence electrons. The zero-order valence-electron chi connectivity index (χ0n) is 8.31. The summed E-state index contributed by atoms with van der Waals surface area (Å²) in [6.45, 7) is 2.35. The van der Waals surface area contributed by atoms with Crippen molar-refractivity contribution in [1.82, 2.24) is 9.03 Å². The third kappa shape index (κ3) is 6.98. The number of hydrogen-bond acceptors (Lipinski definition) is 5. The van der Waals surface area contributed by atoms with Gasteiger partial charge in [-0.25, -0.2) is 13.2 Å². The highest BCUT2D eigenvalue weighted by Crippen LogP contribution is 1.99. The maximum absolute atomic E-state index is 11.0. The van der Waals surface area contributed by atoms with Crippen LogP contribution >= 0.6 is 11.9 Å². The minimum atomic E-state index is -3.24. The van der Waals surface area contributed by atoms with Gasteiger partial charge in [-0.15, -0.1) is 0 Å². The molecule has 0 saturated carbocycles. The van der Waals surface area contributed by atoms with Gasteiger partial charge in [-0.2, -0.15) is 4.13 Å². The molecule has 0 radical (unpaired) electrons. The first-order chi connectivity index (χ1) is 6.37. The zero-order valence-corrected chi connectivity index (χ0v) is 9.94. The molecule has 0 spiro atoms. The lowest BCUT2D eigenvalue weighted by molar-refractivity contribution is 0.130. The molecule has 8 heteroatoms. The fraction of sp³-hybridized carbons (Fsp3) is 0.833. The molecule has 0 bridgehead atoms. The Balaban J connectivity index is 3.61. The Morgan fingerprint density at radius 2 is 2.14 bits per heavy atom. The van der Waals surface area contributed by atoms with Crippen LogP contribution in [0.25, 0.3) is 0 Å². The quantitative estimate of drug-likeness (QED) is 0.424. The van der Waals surface area contributed by atoms with Gasteiger partial charge in [0.25, 0.3) is 0 Å². The van der Waals surface area contributed by atoms with Crippen molar-refractivity contribution >= 4 is 28.1 Å². The lowest BCUT2D eigenvalue weighted by atomic mass is 10.7. The van der Waals surface area contributed by atoms with Gasteiger partial charge in [-0.05, 0) is 18.9 Å². The van der Waals surface area contributed by atoms with Crippen molar-refractivity contribution in [2.45, 2.75) is 6.92 Å². The smallest absolute Gasteiger partial charge is 0.410 e. The van der Waals surface area contributed by atoms with Gasteiger partial charge < -0.3 is 9.64 Å². The molecule has 0 heterocycles. The summed E-state index contributed by atoms with van der Waals surface area (Å²) < 4.78 is 28.0. The number of hydrogen-bond donors (Lipinski definition) is 1. The average molecular weight is 242 g/mol. The third-order valence-electron chi connectivity index (χ3n) is 1.24. The molecule has 0 atom stereocenters. The molecular weight excluding hydrogens is 228 g/mol. The van der Waals surface area contributed by atoms with E-state index in [9.17, 15) is 13.2 Å². The molecule has 1 amide bonds. The molecule has 0 unspecified atom stereocenters. The van der Waals surface area contributed by atoms with E-state index in [0.29, 0.717) is 6.54 Å². The van der Waals surface area contributed by atoms with Crippen LogP contribution in [0.2, 0.25) is 0 Å². The number of carbonyl (C=O) groups excluding carboxylic acids is 1. The first kappa shape index (κ1) is 13.5. The van der Waals surface area contributed by atoms with Crippen LogP contribution in [0.1, 0.15) is 6.92 Å². The first-order valence-corrected chi connectivity index (χ1v) is 6.71. The highest BCUT2D eigenvalue weighted by Gasteiger charge is 2.07. The van der Waals surface area contributed by atoms with Crippen LogP contribution in [0, 0.1) is 0 Å². The van der Waals surface area contributed by atoms with Crippen LogP contribution in [-0.2, 0) is 14.8 Å². The summed E-state index contributed by atoms with van der Waals surface area (Å²) in [5.74, 6) is -0.0454. The van der Waals surface area contributed by atoms with E-state index in [0.717, 1.165) is 18.2 Å². The Hall–Kier alpha value is -0.470. The van der Waals surface area contributed by atoms with E-state index in [-0.39, 0.29) is 5.94 Å². The normalized spacial score (nSPS) is 11.1. The summed E-state index contributed by atoms with van der Waals surface area (Å²) in [6.07, 6.45) is 0.551. The Labute approximate surface area is 88.2 Å². The summed E-state index contributed by atoms with van der Waals surface area (Å²) >= 11 is 0.809. The second-order valence-corrected chi connectivity index (χ2v) is 5.28. The molecule has 0 aromatic heterocycles. The van der Waals surface area contributed by atoms with Crippen molar-refractivity contribution in [3.8, 4) is 0 Å². The van der Waals surface area contributed by atoms with Crippen molar-refractivity contribution < 1.29 is 17.9 Å². The minimum absolute atomic E-state index is 0.0454. The van der Waals surface area contributed by atoms with Crippen LogP contribution < -0.4 is 4.13 Å². The van der Waals surface area contributed by atoms with Crippen LogP contribution in [0.5, 0.6) is 0 Å². The first-order valence-electron chi connectivity index (χ1n) is 3.83. The molecule has 6 nitrogen and oxygen atoms in total. The second-order valence-electron chi connectivity index (χ2n) is 2.54. The van der Waals surface area contributed by atoms with E-state index < -0.39 is 16.1 Å². The Morgan fingerprint density at radius 3 is 2.57 bits per heavy atom. The lowest BCUT2D eigenvalue weighted by Crippen LogP contribution is -2.27. The topological polar surface area (TPSA) is 75.7 Å². The van der Waals surface area contributed by atoms with Crippen LogP contribution in [0.15, 0.2) is 0 Å². The number of amides is 1. The monoisotopic (exact) mass is 242 g/mol. The maximum atomic E-state index is 11.0. The van der Waals surface area contributed by atoms with E-state index in [1.54, 1.807) is 7.05 Å². The highest BCUT2D eigenvalue weighted by atomic mass is 32.3. The minimum Gasteiger partial charge on any atom is -0.437 e. The molecule has 0 aromatic rings. The second kappa shape index (κ2) is 6.10. The average Bonchev–Trinajstić information content (AvgIpc) is 2.09. The van der Waals surface area contributed by atoms with Gasteiger partial charge in [-0.1, -0.05) is 0 Å². The van der Waals surface area contributed by atoms with Gasteiger partial charge in [0.2, 0.25) is 10.0 Å². The van der Waals surface area contributed by atoms with Gasteiger partial charge in [0.1, 0.15) is 0 Å². The van der Waals surface area contributed by atoms with Crippen molar-refractivity contribution in [3.63, 3.8) is 0 Å². The van der Waals surface area contributed by atoms with E-state index in [4.69, 9.17) is 4.74 Å². The molecule has 0 saturated heterocycles. The van der Waals surface area contributed by atoms with E-state index >= 15 is 0 Å². The fourth-order valence-electron chi connectivity index (χ4n) is 0.450. The number of carbonyl (C=O) groups is 1. The summed E-state index contributed by atoms with van der Waals surface area (Å²) in [6, 6.07) is 0. The van der Waals surface area contributed by atoms with Gasteiger partial charge >= 0.3 is 6.09 Å². The SMILES string of the molecule is CCN(C)C(=O)OCSNS(C)(=O)=O. The van der Waals surface area contributed by atoms with Crippen LogP contribution in [-0.4, -0.2) is 45.2 Å². The van der Waals surface area contributed by atoms with E-state index in [1.807, 2.05) is 6.92 Å². The summed E-state index contributed by atoms with van der Waals surface area (Å²) in [7, 11) is -1.65. The van der Waals surface area contributed by atoms with Gasteiger partial charge in [-0.3, -0.25) is 0 Å². The molecule has 0 aromatic carbocycles. The molecule has 0 aliphatic rings. The standard InChI is InChI=1S/C6H14N2O4S2/c1-4-8(2)6(9)12-5-13-7-14(3,10)11/h7H,4-5H2,1-3H3. The molecular formula is C6H14N2O4S2. The molecule has 0 aliphatic heterocycles. The summed E-state index contributed by atoms with van der Waals surface area (Å²) in [4.78, 5) is 12.4. The number of nitrogens with one attached hydrogen (secondary N) is 1. The largest absolute Gasteiger partial charge is 0.437 e. The number of sulfonamides is 1. The van der Waals surface area contributed by atoms with Crippen molar-refractivity contribution in [2.24, 2.45) is 0 Å². The predicted molar refractivity (Wildman–Crippen MR) is 55.2 cm³/mol. The third-order valence-corrected chi connectivity index (χ3v) is 3.16. The Kier molecular flexibility index (Phi) is 5.89. The molecule has 0 aliphatic carbocycles. The maximum Gasteiger partial charge on any atom is 0.410 e. The van der Waals surface area contributed by atoms with Crippen molar-refractivity contribution in [1.29, 1.82) is 0 Å². The fourth-order valence-corrected chi connectivity index (χ4v) is 1.66. The van der Waals surface area contributed by atoms with Crippen LogP contribution in [0.4, 0.5) is 4.79 Å². The highest BCUT2D eigenvalue weighted by molar-refractivity contribution is 8.08. The molecule has 14 heavy (non-hydrogen) atoms. The lowest BCUT2D eigenvalue weighted by Gasteiger charge is -2.13. The predicted octanol–water partition coefficient (Wildman–Crippen LogP) is 0.230. The molecule has 1 N–H and O–H groups in total. The number of ether oxygens (including phenoxy) is 1. The van der Waals surface area contributed by atoms with Gasteiger partial charge in [0.15, 0.2) is 5.94 Å². The Bertz CT molecular complexity index is 278. The molecule has 0 rings (SSSR count).